The van der Waals surface area contributed by atoms with Crippen molar-refractivity contribution >= 4 is 11.6 Å². The highest BCUT2D eigenvalue weighted by molar-refractivity contribution is 5.95. The number of aromatic amines is 1. The average Bonchev–Trinajstić information content (AvgIpc) is 3.37. The Morgan fingerprint density at radius 3 is 2.71 bits per heavy atom. The summed E-state index contributed by atoms with van der Waals surface area (Å²) in [6, 6.07) is 13.1. The SMILES string of the molecule is O=C(Nc1ccc2c(c1)CCN(Cc1ncn[nH]1)C2)C1C=CC=CC1(c1ccccc1)C(F)(F)F. The van der Waals surface area contributed by atoms with Gasteiger partial charge in [-0.05, 0) is 35.2 Å². The van der Waals surface area contributed by atoms with Gasteiger partial charge < -0.3 is 5.32 Å². The minimum Gasteiger partial charge on any atom is -0.326 e. The van der Waals surface area contributed by atoms with Gasteiger partial charge in [0.15, 0.2) is 0 Å². The van der Waals surface area contributed by atoms with Crippen LogP contribution in [0.3, 0.4) is 0 Å². The van der Waals surface area contributed by atoms with Crippen molar-refractivity contribution in [3.05, 3.63) is 102 Å². The van der Waals surface area contributed by atoms with Gasteiger partial charge in [-0.1, -0.05) is 60.7 Å². The van der Waals surface area contributed by atoms with E-state index in [2.05, 4.69) is 25.4 Å². The molecule has 0 radical (unpaired) electrons. The number of carbonyl (C=O) groups is 1. The monoisotopic (exact) mass is 479 g/mol. The molecule has 2 heterocycles. The molecular weight excluding hydrogens is 455 g/mol. The molecule has 180 valence electrons. The Bertz CT molecular complexity index is 1250. The molecule has 0 spiro atoms. The van der Waals surface area contributed by atoms with Crippen LogP contribution in [0, 0.1) is 5.92 Å². The average molecular weight is 480 g/mol. The molecule has 35 heavy (non-hydrogen) atoms. The number of rotatable bonds is 5. The van der Waals surface area contributed by atoms with Crippen LogP contribution in [0.25, 0.3) is 0 Å². The molecule has 2 aliphatic rings. The van der Waals surface area contributed by atoms with Crippen LogP contribution in [-0.2, 0) is 29.7 Å². The van der Waals surface area contributed by atoms with Crippen molar-refractivity contribution in [2.75, 3.05) is 11.9 Å². The molecule has 0 bridgehead atoms. The molecule has 2 atom stereocenters. The van der Waals surface area contributed by atoms with Gasteiger partial charge in [0.2, 0.25) is 5.91 Å². The summed E-state index contributed by atoms with van der Waals surface area (Å²) in [7, 11) is 0. The Labute approximate surface area is 200 Å². The predicted octanol–water partition coefficient (Wildman–Crippen LogP) is 4.54. The summed E-state index contributed by atoms with van der Waals surface area (Å²) in [4.78, 5) is 19.7. The van der Waals surface area contributed by atoms with Crippen LogP contribution >= 0.6 is 0 Å². The van der Waals surface area contributed by atoms with E-state index in [9.17, 15) is 18.0 Å². The highest BCUT2D eigenvalue weighted by Crippen LogP contribution is 2.50. The third-order valence-electron chi connectivity index (χ3n) is 6.67. The number of carbonyl (C=O) groups excluding carboxylic acids is 1. The van der Waals surface area contributed by atoms with Gasteiger partial charge in [0.25, 0.3) is 0 Å². The second-order valence-corrected chi connectivity index (χ2v) is 8.82. The Kier molecular flexibility index (Phi) is 6.02. The van der Waals surface area contributed by atoms with Crippen molar-refractivity contribution < 1.29 is 18.0 Å². The largest absolute Gasteiger partial charge is 0.402 e. The molecule has 5 rings (SSSR count). The van der Waals surface area contributed by atoms with Gasteiger partial charge in [-0.25, -0.2) is 4.98 Å². The zero-order chi connectivity index (χ0) is 24.5. The maximum absolute atomic E-state index is 14.5. The maximum atomic E-state index is 14.5. The summed E-state index contributed by atoms with van der Waals surface area (Å²) in [6.07, 6.45) is 2.83. The van der Waals surface area contributed by atoms with Gasteiger partial charge in [0.1, 0.15) is 17.6 Å². The van der Waals surface area contributed by atoms with Crippen LogP contribution in [0.4, 0.5) is 18.9 Å². The zero-order valence-corrected chi connectivity index (χ0v) is 18.8. The predicted molar refractivity (Wildman–Crippen MR) is 125 cm³/mol. The smallest absolute Gasteiger partial charge is 0.326 e. The zero-order valence-electron chi connectivity index (χ0n) is 18.8. The second kappa shape index (κ2) is 9.14. The lowest BCUT2D eigenvalue weighted by Gasteiger charge is -2.39. The van der Waals surface area contributed by atoms with Crippen molar-refractivity contribution in [1.82, 2.24) is 20.1 Å². The fourth-order valence-electron chi connectivity index (χ4n) is 4.92. The molecule has 3 aromatic rings. The standard InChI is InChI=1S/C26H24F3N5O/c27-26(28,29)25(20-6-2-1-3-7-20)12-5-4-8-22(25)24(35)32-21-10-9-19-15-34(13-11-18(19)14-21)16-23-30-17-31-33-23/h1-10,12,14,17,22H,11,13,15-16H2,(H,32,35)(H,30,31,33). The van der Waals surface area contributed by atoms with Gasteiger partial charge in [-0.15, -0.1) is 0 Å². The van der Waals surface area contributed by atoms with Gasteiger partial charge >= 0.3 is 6.18 Å². The van der Waals surface area contributed by atoms with E-state index in [0.717, 1.165) is 36.0 Å². The molecule has 2 aromatic carbocycles. The summed E-state index contributed by atoms with van der Waals surface area (Å²) < 4.78 is 43.6. The Morgan fingerprint density at radius 1 is 1.14 bits per heavy atom. The molecular formula is C26H24F3N5O. The Hall–Kier alpha value is -3.72. The Balaban J connectivity index is 1.36. The van der Waals surface area contributed by atoms with E-state index < -0.39 is 23.4 Å². The van der Waals surface area contributed by atoms with Crippen molar-refractivity contribution in [1.29, 1.82) is 0 Å². The fraction of sp³-hybridized carbons (Fsp3) is 0.269. The number of hydrogen-bond donors (Lipinski definition) is 2. The summed E-state index contributed by atoms with van der Waals surface area (Å²) in [5.74, 6) is -1.35. The molecule has 6 nitrogen and oxygen atoms in total. The molecule has 0 fully saturated rings. The summed E-state index contributed by atoms with van der Waals surface area (Å²) >= 11 is 0. The maximum Gasteiger partial charge on any atom is 0.402 e. The highest BCUT2D eigenvalue weighted by Gasteiger charge is 2.60. The number of fused-ring (bicyclic) bond motifs is 1. The van der Waals surface area contributed by atoms with Crippen LogP contribution in [0.2, 0.25) is 0 Å². The number of nitrogens with one attached hydrogen (secondary N) is 2. The van der Waals surface area contributed by atoms with E-state index >= 15 is 0 Å². The number of anilines is 1. The van der Waals surface area contributed by atoms with E-state index in [-0.39, 0.29) is 5.56 Å². The number of aromatic nitrogens is 3. The minimum absolute atomic E-state index is 0.0329. The molecule has 1 aliphatic carbocycles. The first kappa shape index (κ1) is 23.0. The van der Waals surface area contributed by atoms with Gasteiger partial charge in [-0.2, -0.15) is 18.3 Å². The topological polar surface area (TPSA) is 73.9 Å². The first-order valence-electron chi connectivity index (χ1n) is 11.3. The molecule has 1 aromatic heterocycles. The second-order valence-electron chi connectivity index (χ2n) is 8.82. The number of benzene rings is 2. The quantitative estimate of drug-likeness (QED) is 0.564. The number of alkyl halides is 3. The number of halogens is 3. The molecule has 9 heteroatoms. The first-order valence-corrected chi connectivity index (χ1v) is 11.3. The highest BCUT2D eigenvalue weighted by atomic mass is 19.4. The van der Waals surface area contributed by atoms with Crippen molar-refractivity contribution in [3.8, 4) is 0 Å². The lowest BCUT2D eigenvalue weighted by atomic mass is 9.67. The van der Waals surface area contributed by atoms with Crippen LogP contribution < -0.4 is 5.32 Å². The van der Waals surface area contributed by atoms with Crippen molar-refractivity contribution in [3.63, 3.8) is 0 Å². The molecule has 1 aliphatic heterocycles. The summed E-state index contributed by atoms with van der Waals surface area (Å²) in [5.41, 5.74) is 0.266. The number of H-pyrrole nitrogens is 1. The van der Waals surface area contributed by atoms with Crippen LogP contribution in [-0.4, -0.2) is 38.7 Å². The van der Waals surface area contributed by atoms with Crippen LogP contribution in [0.5, 0.6) is 0 Å². The minimum atomic E-state index is -4.67. The third-order valence-corrected chi connectivity index (χ3v) is 6.67. The Morgan fingerprint density at radius 2 is 1.97 bits per heavy atom. The molecule has 2 N–H and O–H groups in total. The lowest BCUT2D eigenvalue weighted by Crippen LogP contribution is -2.51. The molecule has 0 saturated carbocycles. The van der Waals surface area contributed by atoms with E-state index in [4.69, 9.17) is 0 Å². The number of amides is 1. The molecule has 2 unspecified atom stereocenters. The van der Waals surface area contributed by atoms with Gasteiger partial charge in [0.05, 0.1) is 12.5 Å². The fourth-order valence-corrected chi connectivity index (χ4v) is 4.92. The first-order chi connectivity index (χ1) is 16.9. The van der Waals surface area contributed by atoms with E-state index in [1.165, 1.54) is 36.7 Å². The number of nitrogens with zero attached hydrogens (tertiary/aromatic N) is 3. The van der Waals surface area contributed by atoms with Crippen LogP contribution in [0.15, 0.2) is 79.2 Å². The normalized spacial score (nSPS) is 22.1. The number of allylic oxidation sites excluding steroid dienone is 3. The van der Waals surface area contributed by atoms with Gasteiger partial charge in [-0.3, -0.25) is 14.8 Å². The lowest BCUT2D eigenvalue weighted by molar-refractivity contribution is -0.188. The van der Waals surface area contributed by atoms with E-state index in [0.29, 0.717) is 18.8 Å². The summed E-state index contributed by atoms with van der Waals surface area (Å²) in [5, 5.41) is 9.48. The van der Waals surface area contributed by atoms with Crippen molar-refractivity contribution in [2.24, 2.45) is 5.92 Å². The van der Waals surface area contributed by atoms with Crippen molar-refractivity contribution in [2.45, 2.75) is 31.1 Å². The van der Waals surface area contributed by atoms with E-state index in [1.807, 2.05) is 12.1 Å². The van der Waals surface area contributed by atoms with Crippen LogP contribution in [0.1, 0.15) is 22.5 Å². The molecule has 0 saturated heterocycles. The third kappa shape index (κ3) is 4.39. The van der Waals surface area contributed by atoms with E-state index in [1.54, 1.807) is 24.3 Å². The van der Waals surface area contributed by atoms with Gasteiger partial charge in [0, 0.05) is 18.8 Å². The summed E-state index contributed by atoms with van der Waals surface area (Å²) in [6.45, 7) is 2.16. The number of hydrogen-bond acceptors (Lipinski definition) is 4. The molecule has 1 amide bonds.